The van der Waals surface area contributed by atoms with Crippen molar-refractivity contribution in [2.45, 2.75) is 13.1 Å². The molecule has 1 aromatic rings. The van der Waals surface area contributed by atoms with Crippen molar-refractivity contribution >= 4 is 12.1 Å². The fourth-order valence-electron chi connectivity index (χ4n) is 1.25. The molecule has 86 valence electrons. The van der Waals surface area contributed by atoms with Crippen molar-refractivity contribution in [3.8, 4) is 0 Å². The minimum Gasteiger partial charge on any atom is -0.298 e. The predicted octanol–water partition coefficient (Wildman–Crippen LogP) is 2.86. The molecule has 16 heavy (non-hydrogen) atoms. The zero-order valence-corrected chi connectivity index (χ0v) is 8.06. The molecule has 0 bridgehead atoms. The molecule has 0 radical (unpaired) electrons. The second kappa shape index (κ2) is 4.03. The summed E-state index contributed by atoms with van der Waals surface area (Å²) in [6.07, 6.45) is -5.11. The topological polar surface area (TPSA) is 34.1 Å². The van der Waals surface area contributed by atoms with Crippen LogP contribution in [0.3, 0.4) is 0 Å². The molecule has 0 aliphatic rings. The zero-order chi connectivity index (χ0) is 12.5. The number of halogens is 4. The first-order chi connectivity index (χ1) is 7.29. The lowest BCUT2D eigenvalue weighted by molar-refractivity contribution is -0.140. The third-order valence-corrected chi connectivity index (χ3v) is 1.96. The van der Waals surface area contributed by atoms with Gasteiger partial charge in [-0.15, -0.1) is 0 Å². The van der Waals surface area contributed by atoms with E-state index in [0.717, 1.165) is 19.1 Å². The van der Waals surface area contributed by atoms with E-state index in [1.807, 2.05) is 0 Å². The van der Waals surface area contributed by atoms with Gasteiger partial charge >= 0.3 is 6.18 Å². The van der Waals surface area contributed by atoms with Crippen LogP contribution in [0.15, 0.2) is 12.1 Å². The molecule has 1 aromatic carbocycles. The van der Waals surface area contributed by atoms with Gasteiger partial charge in [0, 0.05) is 5.56 Å². The van der Waals surface area contributed by atoms with Crippen LogP contribution in [-0.2, 0) is 6.18 Å². The van der Waals surface area contributed by atoms with E-state index in [-0.39, 0.29) is 6.29 Å². The molecular weight excluding hydrogens is 228 g/mol. The van der Waals surface area contributed by atoms with Gasteiger partial charge in [0.15, 0.2) is 12.1 Å². The lowest BCUT2D eigenvalue weighted by Gasteiger charge is -2.12. The highest BCUT2D eigenvalue weighted by Gasteiger charge is 2.38. The van der Waals surface area contributed by atoms with E-state index in [1.165, 1.54) is 0 Å². The molecule has 0 amide bonds. The van der Waals surface area contributed by atoms with Crippen LogP contribution in [-0.4, -0.2) is 12.1 Å². The molecule has 6 heteroatoms. The maximum atomic E-state index is 13.4. The number of aldehydes is 1. The van der Waals surface area contributed by atoms with Crippen molar-refractivity contribution in [2.24, 2.45) is 0 Å². The Morgan fingerprint density at radius 1 is 1.31 bits per heavy atom. The van der Waals surface area contributed by atoms with Gasteiger partial charge < -0.3 is 0 Å². The van der Waals surface area contributed by atoms with E-state index >= 15 is 0 Å². The average Bonchev–Trinajstić information content (AvgIpc) is 2.14. The van der Waals surface area contributed by atoms with Gasteiger partial charge in [-0.05, 0) is 13.0 Å². The van der Waals surface area contributed by atoms with E-state index in [0.29, 0.717) is 0 Å². The van der Waals surface area contributed by atoms with Crippen molar-refractivity contribution in [1.29, 1.82) is 0 Å². The van der Waals surface area contributed by atoms with Gasteiger partial charge in [-0.2, -0.15) is 13.2 Å². The quantitative estimate of drug-likeness (QED) is 0.448. The van der Waals surface area contributed by atoms with Crippen molar-refractivity contribution in [1.82, 2.24) is 0 Å². The summed E-state index contributed by atoms with van der Waals surface area (Å²) in [4.78, 5) is 21.2. The predicted molar refractivity (Wildman–Crippen MR) is 46.8 cm³/mol. The fraction of sp³-hybridized carbons (Fsp3) is 0.200. The second-order valence-corrected chi connectivity index (χ2v) is 3.06. The maximum Gasteiger partial charge on any atom is 0.419 e. The van der Waals surface area contributed by atoms with E-state index < -0.39 is 34.5 Å². The van der Waals surface area contributed by atoms with E-state index in [9.17, 15) is 27.2 Å². The molecule has 0 saturated heterocycles. The Morgan fingerprint density at radius 3 is 2.25 bits per heavy atom. The fourth-order valence-corrected chi connectivity index (χ4v) is 1.25. The van der Waals surface area contributed by atoms with Crippen molar-refractivity contribution < 1.29 is 27.2 Å². The van der Waals surface area contributed by atoms with Crippen LogP contribution >= 0.6 is 0 Å². The number of rotatable bonds is 2. The molecule has 0 aliphatic carbocycles. The van der Waals surface area contributed by atoms with Gasteiger partial charge in [0.25, 0.3) is 0 Å². The van der Waals surface area contributed by atoms with Gasteiger partial charge in [0.1, 0.15) is 11.4 Å². The molecule has 0 atom stereocenters. The van der Waals surface area contributed by atoms with Crippen molar-refractivity contribution in [2.75, 3.05) is 0 Å². The monoisotopic (exact) mass is 234 g/mol. The number of carbonyl (C=O) groups excluding carboxylic acids is 2. The van der Waals surface area contributed by atoms with Crippen LogP contribution < -0.4 is 0 Å². The summed E-state index contributed by atoms with van der Waals surface area (Å²) in [5.41, 5.74) is -3.21. The molecule has 0 aliphatic heterocycles. The Hall–Kier alpha value is -1.72. The summed E-state index contributed by atoms with van der Waals surface area (Å²) >= 11 is 0. The highest BCUT2D eigenvalue weighted by atomic mass is 19.4. The summed E-state index contributed by atoms with van der Waals surface area (Å²) in [7, 11) is 0. The third-order valence-electron chi connectivity index (χ3n) is 1.96. The lowest BCUT2D eigenvalue weighted by Crippen LogP contribution is -2.15. The molecule has 0 unspecified atom stereocenters. The van der Waals surface area contributed by atoms with Gasteiger partial charge in [0.2, 0.25) is 0 Å². The first-order valence-electron chi connectivity index (χ1n) is 4.15. The molecule has 1 rings (SSSR count). The van der Waals surface area contributed by atoms with Crippen molar-refractivity contribution in [3.05, 3.63) is 34.6 Å². The second-order valence-electron chi connectivity index (χ2n) is 3.06. The van der Waals surface area contributed by atoms with Gasteiger partial charge in [0.05, 0.1) is 5.56 Å². The lowest BCUT2D eigenvalue weighted by atomic mass is 10.0. The van der Waals surface area contributed by atoms with Crippen LogP contribution in [0, 0.1) is 5.82 Å². The largest absolute Gasteiger partial charge is 0.419 e. The number of hydrogen-bond acceptors (Lipinski definition) is 2. The normalized spacial score (nSPS) is 11.3. The standard InChI is InChI=1S/C10H6F4O2/c1-5(16)7-3-2-6(4-15)8(9(7)11)10(12,13)14/h2-4H,1H3. The van der Waals surface area contributed by atoms with E-state index in [1.54, 1.807) is 0 Å². The van der Waals surface area contributed by atoms with Crippen LogP contribution in [0.1, 0.15) is 33.2 Å². The highest BCUT2D eigenvalue weighted by molar-refractivity contribution is 5.95. The van der Waals surface area contributed by atoms with Gasteiger partial charge in [-0.1, -0.05) is 6.07 Å². The van der Waals surface area contributed by atoms with E-state index in [4.69, 9.17) is 0 Å². The Kier molecular flexibility index (Phi) is 3.11. The first kappa shape index (κ1) is 12.4. The smallest absolute Gasteiger partial charge is 0.298 e. The molecule has 0 fully saturated rings. The zero-order valence-electron chi connectivity index (χ0n) is 8.06. The molecule has 0 heterocycles. The molecular formula is C10H6F4O2. The Labute approximate surface area is 87.9 Å². The summed E-state index contributed by atoms with van der Waals surface area (Å²) < 4.78 is 50.7. The number of carbonyl (C=O) groups is 2. The third kappa shape index (κ3) is 2.10. The molecule has 2 nitrogen and oxygen atoms in total. The maximum absolute atomic E-state index is 13.4. The number of hydrogen-bond donors (Lipinski definition) is 0. The van der Waals surface area contributed by atoms with Crippen molar-refractivity contribution in [3.63, 3.8) is 0 Å². The minimum absolute atomic E-state index is 0.101. The summed E-state index contributed by atoms with van der Waals surface area (Å²) in [5.74, 6) is -2.54. The molecule has 0 aromatic heterocycles. The number of ketones is 1. The minimum atomic E-state index is -5.01. The number of Topliss-reactive ketones (excluding diaryl/α,β-unsaturated/α-hetero) is 1. The Morgan fingerprint density at radius 2 is 1.88 bits per heavy atom. The average molecular weight is 234 g/mol. The number of benzene rings is 1. The van der Waals surface area contributed by atoms with Crippen LogP contribution in [0.5, 0.6) is 0 Å². The van der Waals surface area contributed by atoms with Crippen LogP contribution in [0.2, 0.25) is 0 Å². The summed E-state index contributed by atoms with van der Waals surface area (Å²) in [6, 6.07) is 1.63. The molecule has 0 spiro atoms. The molecule has 0 N–H and O–H groups in total. The Balaban J connectivity index is 3.59. The molecule has 0 saturated carbocycles. The van der Waals surface area contributed by atoms with Crippen LogP contribution in [0.4, 0.5) is 17.6 Å². The van der Waals surface area contributed by atoms with Gasteiger partial charge in [-0.3, -0.25) is 9.59 Å². The van der Waals surface area contributed by atoms with E-state index in [2.05, 4.69) is 0 Å². The first-order valence-corrected chi connectivity index (χ1v) is 4.15. The SMILES string of the molecule is CC(=O)c1ccc(C=O)c(C(F)(F)F)c1F. The number of alkyl halides is 3. The highest BCUT2D eigenvalue weighted by Crippen LogP contribution is 2.34. The summed E-state index contributed by atoms with van der Waals surface area (Å²) in [6.45, 7) is 0.944. The van der Waals surface area contributed by atoms with Crippen LogP contribution in [0.25, 0.3) is 0 Å². The summed E-state index contributed by atoms with van der Waals surface area (Å²) in [5, 5.41) is 0. The van der Waals surface area contributed by atoms with Gasteiger partial charge in [-0.25, -0.2) is 4.39 Å². The Bertz CT molecular complexity index is 449.